The number of hydrogen-bond acceptors (Lipinski definition) is 2. The average molecular weight is 215 g/mol. The Morgan fingerprint density at radius 1 is 1.07 bits per heavy atom. The molecule has 3 unspecified atom stereocenters. The fourth-order valence-corrected chi connectivity index (χ4v) is 2.27. The Kier molecular flexibility index (Phi) is 8.07. The van der Waals surface area contributed by atoms with Gasteiger partial charge in [-0.25, -0.2) is 0 Å². The van der Waals surface area contributed by atoms with E-state index in [1.807, 2.05) is 0 Å². The third-order valence-electron chi connectivity index (χ3n) is 3.37. The first-order chi connectivity index (χ1) is 7.08. The van der Waals surface area contributed by atoms with Crippen LogP contribution in [0.1, 0.15) is 59.8 Å². The summed E-state index contributed by atoms with van der Waals surface area (Å²) in [5, 5.41) is 10.1. The zero-order valence-corrected chi connectivity index (χ0v) is 11.2. The molecule has 92 valence electrons. The quantitative estimate of drug-likeness (QED) is 0.672. The van der Waals surface area contributed by atoms with Crippen LogP contribution in [-0.2, 0) is 0 Å². The lowest BCUT2D eigenvalue weighted by Gasteiger charge is -2.35. The molecule has 0 amide bonds. The van der Waals surface area contributed by atoms with Crippen molar-refractivity contribution in [2.75, 3.05) is 7.05 Å². The molecule has 0 aliphatic carbocycles. The van der Waals surface area contributed by atoms with Crippen molar-refractivity contribution < 1.29 is 5.11 Å². The van der Waals surface area contributed by atoms with E-state index in [9.17, 15) is 5.11 Å². The highest BCUT2D eigenvalue weighted by atomic mass is 16.3. The third kappa shape index (κ3) is 4.98. The molecule has 0 rings (SSSR count). The van der Waals surface area contributed by atoms with Crippen LogP contribution in [0.2, 0.25) is 0 Å². The normalized spacial score (nSPS) is 17.8. The number of aliphatic hydroxyl groups is 1. The monoisotopic (exact) mass is 215 g/mol. The zero-order chi connectivity index (χ0) is 11.8. The Morgan fingerprint density at radius 3 is 2.00 bits per heavy atom. The maximum absolute atomic E-state index is 10.1. The summed E-state index contributed by atoms with van der Waals surface area (Å²) in [7, 11) is 2.15. The molecule has 0 spiro atoms. The van der Waals surface area contributed by atoms with E-state index in [4.69, 9.17) is 0 Å². The molecule has 1 N–H and O–H groups in total. The minimum absolute atomic E-state index is 0.163. The SMILES string of the molecule is CCCC(O)C(CC)N(C)C(C)CCC. The van der Waals surface area contributed by atoms with Gasteiger partial charge in [-0.2, -0.15) is 0 Å². The van der Waals surface area contributed by atoms with Gasteiger partial charge < -0.3 is 5.11 Å². The Bertz CT molecular complexity index is 149. The summed E-state index contributed by atoms with van der Waals surface area (Å²) in [6.07, 6.45) is 5.28. The summed E-state index contributed by atoms with van der Waals surface area (Å²) in [6.45, 7) is 8.77. The van der Waals surface area contributed by atoms with Crippen molar-refractivity contribution in [3.8, 4) is 0 Å². The van der Waals surface area contributed by atoms with Gasteiger partial charge >= 0.3 is 0 Å². The first-order valence-corrected chi connectivity index (χ1v) is 6.48. The number of nitrogens with zero attached hydrogens (tertiary/aromatic N) is 1. The van der Waals surface area contributed by atoms with Gasteiger partial charge in [-0.15, -0.1) is 0 Å². The highest BCUT2D eigenvalue weighted by molar-refractivity contribution is 4.79. The van der Waals surface area contributed by atoms with E-state index in [0.29, 0.717) is 12.1 Å². The van der Waals surface area contributed by atoms with Crippen LogP contribution in [0.3, 0.4) is 0 Å². The van der Waals surface area contributed by atoms with Crippen molar-refractivity contribution in [3.05, 3.63) is 0 Å². The minimum atomic E-state index is -0.163. The van der Waals surface area contributed by atoms with Crippen LogP contribution < -0.4 is 0 Å². The molecule has 2 nitrogen and oxygen atoms in total. The number of hydrogen-bond donors (Lipinski definition) is 1. The molecule has 0 saturated heterocycles. The molecule has 0 aromatic carbocycles. The van der Waals surface area contributed by atoms with Gasteiger partial charge in [0.25, 0.3) is 0 Å². The molecule has 0 fully saturated rings. The second-order valence-electron chi connectivity index (χ2n) is 4.63. The molecule has 15 heavy (non-hydrogen) atoms. The molecule has 3 atom stereocenters. The fraction of sp³-hybridized carbons (Fsp3) is 1.00. The summed E-state index contributed by atoms with van der Waals surface area (Å²) in [6, 6.07) is 0.901. The van der Waals surface area contributed by atoms with Gasteiger partial charge in [0.15, 0.2) is 0 Å². The van der Waals surface area contributed by atoms with E-state index in [1.54, 1.807) is 0 Å². The van der Waals surface area contributed by atoms with E-state index < -0.39 is 0 Å². The lowest BCUT2D eigenvalue weighted by Crippen LogP contribution is -2.45. The molecule has 0 aliphatic rings. The minimum Gasteiger partial charge on any atom is -0.391 e. The predicted molar refractivity (Wildman–Crippen MR) is 67.1 cm³/mol. The van der Waals surface area contributed by atoms with Crippen LogP contribution in [0.5, 0.6) is 0 Å². The van der Waals surface area contributed by atoms with Crippen molar-refractivity contribution in [2.24, 2.45) is 0 Å². The van der Waals surface area contributed by atoms with Crippen molar-refractivity contribution in [3.63, 3.8) is 0 Å². The van der Waals surface area contributed by atoms with E-state index in [1.165, 1.54) is 12.8 Å². The van der Waals surface area contributed by atoms with Crippen LogP contribution in [-0.4, -0.2) is 35.2 Å². The molecule has 0 aromatic heterocycles. The number of aliphatic hydroxyl groups excluding tert-OH is 1. The van der Waals surface area contributed by atoms with E-state index in [2.05, 4.69) is 39.6 Å². The second-order valence-corrected chi connectivity index (χ2v) is 4.63. The smallest absolute Gasteiger partial charge is 0.0695 e. The summed E-state index contributed by atoms with van der Waals surface area (Å²) in [5.41, 5.74) is 0. The summed E-state index contributed by atoms with van der Waals surface area (Å²) >= 11 is 0. The summed E-state index contributed by atoms with van der Waals surface area (Å²) in [4.78, 5) is 2.35. The molecule has 0 radical (unpaired) electrons. The third-order valence-corrected chi connectivity index (χ3v) is 3.37. The first-order valence-electron chi connectivity index (χ1n) is 6.48. The Hall–Kier alpha value is -0.0800. The van der Waals surface area contributed by atoms with Crippen molar-refractivity contribution >= 4 is 0 Å². The van der Waals surface area contributed by atoms with Crippen LogP contribution in [0.25, 0.3) is 0 Å². The summed E-state index contributed by atoms with van der Waals surface area (Å²) < 4.78 is 0. The molecule has 2 heteroatoms. The van der Waals surface area contributed by atoms with Gasteiger partial charge in [0.2, 0.25) is 0 Å². The molecule has 0 saturated carbocycles. The predicted octanol–water partition coefficient (Wildman–Crippen LogP) is 3.05. The molecular weight excluding hydrogens is 186 g/mol. The second kappa shape index (κ2) is 8.12. The van der Waals surface area contributed by atoms with Gasteiger partial charge in [0.1, 0.15) is 0 Å². The number of likely N-dealkylation sites (N-methyl/N-ethyl adjacent to an activating group) is 1. The van der Waals surface area contributed by atoms with Crippen LogP contribution in [0, 0.1) is 0 Å². The van der Waals surface area contributed by atoms with Crippen LogP contribution in [0.4, 0.5) is 0 Å². The maximum atomic E-state index is 10.1. The molecule has 0 aliphatic heterocycles. The van der Waals surface area contributed by atoms with E-state index in [0.717, 1.165) is 19.3 Å². The Morgan fingerprint density at radius 2 is 1.60 bits per heavy atom. The van der Waals surface area contributed by atoms with Crippen LogP contribution >= 0.6 is 0 Å². The van der Waals surface area contributed by atoms with Gasteiger partial charge in [-0.1, -0.05) is 33.6 Å². The Balaban J connectivity index is 4.24. The molecule has 0 bridgehead atoms. The lowest BCUT2D eigenvalue weighted by molar-refractivity contribution is 0.0343. The molecular formula is C13H29NO. The van der Waals surface area contributed by atoms with Crippen LogP contribution in [0.15, 0.2) is 0 Å². The summed E-state index contributed by atoms with van der Waals surface area (Å²) in [5.74, 6) is 0. The van der Waals surface area contributed by atoms with Crippen molar-refractivity contribution in [2.45, 2.75) is 78.0 Å². The van der Waals surface area contributed by atoms with Crippen molar-refractivity contribution in [1.82, 2.24) is 4.90 Å². The zero-order valence-electron chi connectivity index (χ0n) is 11.2. The highest BCUT2D eigenvalue weighted by Crippen LogP contribution is 2.16. The highest BCUT2D eigenvalue weighted by Gasteiger charge is 2.23. The lowest BCUT2D eigenvalue weighted by atomic mass is 10.00. The number of rotatable bonds is 8. The van der Waals surface area contributed by atoms with E-state index in [-0.39, 0.29) is 6.10 Å². The maximum Gasteiger partial charge on any atom is 0.0695 e. The standard InChI is InChI=1S/C13H29NO/c1-6-9-11(4)14(5)12(8-3)13(15)10-7-2/h11-13,15H,6-10H2,1-5H3. The van der Waals surface area contributed by atoms with E-state index >= 15 is 0 Å². The Labute approximate surface area is 95.7 Å². The van der Waals surface area contributed by atoms with Crippen molar-refractivity contribution in [1.29, 1.82) is 0 Å². The van der Waals surface area contributed by atoms with Gasteiger partial charge in [-0.05, 0) is 33.2 Å². The van der Waals surface area contributed by atoms with Gasteiger partial charge in [0, 0.05) is 12.1 Å². The first kappa shape index (κ1) is 14.9. The fourth-order valence-electron chi connectivity index (χ4n) is 2.27. The molecule has 0 aromatic rings. The van der Waals surface area contributed by atoms with Gasteiger partial charge in [-0.3, -0.25) is 4.90 Å². The molecule has 0 heterocycles. The van der Waals surface area contributed by atoms with Gasteiger partial charge in [0.05, 0.1) is 6.10 Å². The average Bonchev–Trinajstić information content (AvgIpc) is 2.19. The largest absolute Gasteiger partial charge is 0.391 e. The topological polar surface area (TPSA) is 23.5 Å².